The maximum atomic E-state index is 4.56. The number of aryl methyl sites for hydroxylation is 1. The summed E-state index contributed by atoms with van der Waals surface area (Å²) in [7, 11) is 0. The molecule has 0 fully saturated rings. The van der Waals surface area contributed by atoms with Crippen LogP contribution in [-0.2, 0) is 0 Å². The molecular weight excluding hydrogens is 216 g/mol. The van der Waals surface area contributed by atoms with Gasteiger partial charge in [-0.3, -0.25) is 0 Å². The van der Waals surface area contributed by atoms with E-state index < -0.39 is 0 Å². The number of rotatable bonds is 4. The van der Waals surface area contributed by atoms with Crippen LogP contribution in [0.4, 0.5) is 0 Å². The average molecular weight is 232 g/mol. The van der Waals surface area contributed by atoms with Gasteiger partial charge in [-0.05, 0) is 19.0 Å². The third-order valence-electron chi connectivity index (χ3n) is 2.47. The number of hydrogen-bond acceptors (Lipinski definition) is 3. The van der Waals surface area contributed by atoms with Crippen molar-refractivity contribution < 1.29 is 0 Å². The number of aromatic nitrogens is 1. The Morgan fingerprint density at radius 3 is 2.62 bits per heavy atom. The number of nitrogens with one attached hydrogen (secondary N) is 1. The van der Waals surface area contributed by atoms with Gasteiger partial charge in [-0.1, -0.05) is 37.3 Å². The van der Waals surface area contributed by atoms with Crippen LogP contribution in [-0.4, -0.2) is 11.5 Å². The zero-order chi connectivity index (χ0) is 11.4. The summed E-state index contributed by atoms with van der Waals surface area (Å²) in [5.74, 6) is 0. The van der Waals surface area contributed by atoms with Crippen LogP contribution in [0, 0.1) is 6.92 Å². The first-order valence-electron chi connectivity index (χ1n) is 5.51. The highest BCUT2D eigenvalue weighted by Gasteiger charge is 2.14. The fourth-order valence-electron chi connectivity index (χ4n) is 1.76. The third-order valence-corrected chi connectivity index (χ3v) is 3.27. The summed E-state index contributed by atoms with van der Waals surface area (Å²) in [5, 5.41) is 6.73. The molecule has 1 atom stereocenters. The van der Waals surface area contributed by atoms with Crippen LogP contribution in [0.25, 0.3) is 0 Å². The summed E-state index contributed by atoms with van der Waals surface area (Å²) in [5.41, 5.74) is 2.39. The summed E-state index contributed by atoms with van der Waals surface area (Å²) in [6.07, 6.45) is 0. The molecule has 2 aromatic rings. The zero-order valence-electron chi connectivity index (χ0n) is 9.60. The van der Waals surface area contributed by atoms with E-state index in [1.165, 1.54) is 5.56 Å². The molecule has 2 nitrogen and oxygen atoms in total. The van der Waals surface area contributed by atoms with Crippen molar-refractivity contribution in [1.82, 2.24) is 10.3 Å². The topological polar surface area (TPSA) is 24.9 Å². The van der Waals surface area contributed by atoms with Gasteiger partial charge in [0.05, 0.1) is 16.7 Å². The van der Waals surface area contributed by atoms with Gasteiger partial charge in [0.2, 0.25) is 0 Å². The molecule has 3 heteroatoms. The van der Waals surface area contributed by atoms with Crippen LogP contribution in [0.15, 0.2) is 35.7 Å². The highest BCUT2D eigenvalue weighted by atomic mass is 32.1. The lowest BCUT2D eigenvalue weighted by atomic mass is 10.0. The highest BCUT2D eigenvalue weighted by Crippen LogP contribution is 2.23. The van der Waals surface area contributed by atoms with Gasteiger partial charge < -0.3 is 5.32 Å². The fraction of sp³-hybridized carbons (Fsp3) is 0.308. The maximum Gasteiger partial charge on any atom is 0.0898 e. The average Bonchev–Trinajstić information content (AvgIpc) is 2.74. The molecule has 0 radical (unpaired) electrons. The molecule has 0 aliphatic carbocycles. The molecule has 1 heterocycles. The van der Waals surface area contributed by atoms with Crippen LogP contribution in [0.5, 0.6) is 0 Å². The van der Waals surface area contributed by atoms with Crippen molar-refractivity contribution in [2.75, 3.05) is 6.54 Å². The number of thiazole rings is 1. The van der Waals surface area contributed by atoms with Crippen LogP contribution >= 0.6 is 11.3 Å². The number of benzene rings is 1. The Hall–Kier alpha value is -1.19. The number of nitrogens with zero attached hydrogens (tertiary/aromatic N) is 1. The third kappa shape index (κ3) is 2.49. The van der Waals surface area contributed by atoms with E-state index in [4.69, 9.17) is 0 Å². The lowest BCUT2D eigenvalue weighted by Crippen LogP contribution is -2.22. The van der Waals surface area contributed by atoms with E-state index in [-0.39, 0.29) is 6.04 Å². The Balaban J connectivity index is 2.31. The standard InChI is InChI=1S/C13H16N2S/c1-3-14-13(11-7-5-4-6-8-11)12-9-16-10(2)15-12/h4-9,13-14H,3H2,1-2H3. The van der Waals surface area contributed by atoms with Crippen molar-refractivity contribution >= 4 is 11.3 Å². The summed E-state index contributed by atoms with van der Waals surface area (Å²) in [6.45, 7) is 5.10. The molecular formula is C13H16N2S. The molecule has 0 saturated carbocycles. The van der Waals surface area contributed by atoms with E-state index in [2.05, 4.69) is 46.9 Å². The molecule has 0 amide bonds. The van der Waals surface area contributed by atoms with E-state index in [9.17, 15) is 0 Å². The smallest absolute Gasteiger partial charge is 0.0898 e. The second-order valence-electron chi connectivity index (χ2n) is 3.69. The molecule has 0 aliphatic rings. The van der Waals surface area contributed by atoms with Crippen LogP contribution in [0.2, 0.25) is 0 Å². The van der Waals surface area contributed by atoms with E-state index in [1.54, 1.807) is 11.3 Å². The summed E-state index contributed by atoms with van der Waals surface area (Å²) in [6, 6.07) is 10.7. The molecule has 0 saturated heterocycles. The molecule has 1 N–H and O–H groups in total. The Morgan fingerprint density at radius 1 is 1.31 bits per heavy atom. The van der Waals surface area contributed by atoms with Gasteiger partial charge in [0, 0.05) is 5.38 Å². The summed E-state index contributed by atoms with van der Waals surface area (Å²) in [4.78, 5) is 4.56. The molecule has 16 heavy (non-hydrogen) atoms. The van der Waals surface area contributed by atoms with Gasteiger partial charge in [0.15, 0.2) is 0 Å². The highest BCUT2D eigenvalue weighted by molar-refractivity contribution is 7.09. The summed E-state index contributed by atoms with van der Waals surface area (Å²) >= 11 is 1.70. The van der Waals surface area contributed by atoms with Gasteiger partial charge in [-0.2, -0.15) is 0 Å². The van der Waals surface area contributed by atoms with Gasteiger partial charge in [0.25, 0.3) is 0 Å². The molecule has 2 rings (SSSR count). The Labute approximate surface area is 100 Å². The molecule has 0 spiro atoms. The minimum Gasteiger partial charge on any atom is -0.305 e. The van der Waals surface area contributed by atoms with Crippen molar-refractivity contribution in [3.8, 4) is 0 Å². The molecule has 1 unspecified atom stereocenters. The van der Waals surface area contributed by atoms with E-state index in [0.29, 0.717) is 0 Å². The zero-order valence-corrected chi connectivity index (χ0v) is 10.4. The van der Waals surface area contributed by atoms with Crippen molar-refractivity contribution in [2.24, 2.45) is 0 Å². The molecule has 84 valence electrons. The van der Waals surface area contributed by atoms with Gasteiger partial charge in [-0.25, -0.2) is 4.98 Å². The SMILES string of the molecule is CCNC(c1ccccc1)c1csc(C)n1. The van der Waals surface area contributed by atoms with Crippen LogP contribution in [0.1, 0.15) is 29.2 Å². The minimum absolute atomic E-state index is 0.219. The number of hydrogen-bond donors (Lipinski definition) is 1. The normalized spacial score (nSPS) is 12.6. The van der Waals surface area contributed by atoms with Gasteiger partial charge >= 0.3 is 0 Å². The largest absolute Gasteiger partial charge is 0.305 e. The first-order chi connectivity index (χ1) is 7.81. The van der Waals surface area contributed by atoms with Gasteiger partial charge in [-0.15, -0.1) is 11.3 Å². The second-order valence-corrected chi connectivity index (χ2v) is 4.75. The fourth-order valence-corrected chi connectivity index (χ4v) is 2.39. The predicted molar refractivity (Wildman–Crippen MR) is 68.8 cm³/mol. The van der Waals surface area contributed by atoms with E-state index >= 15 is 0 Å². The Kier molecular flexibility index (Phi) is 3.70. The van der Waals surface area contributed by atoms with Gasteiger partial charge in [0.1, 0.15) is 0 Å². The van der Waals surface area contributed by atoms with E-state index in [1.807, 2.05) is 13.0 Å². The van der Waals surface area contributed by atoms with Crippen molar-refractivity contribution in [1.29, 1.82) is 0 Å². The van der Waals surface area contributed by atoms with Crippen LogP contribution in [0.3, 0.4) is 0 Å². The van der Waals surface area contributed by atoms with Crippen molar-refractivity contribution in [2.45, 2.75) is 19.9 Å². The first kappa shape index (κ1) is 11.3. The van der Waals surface area contributed by atoms with E-state index in [0.717, 1.165) is 17.2 Å². The Morgan fingerprint density at radius 2 is 2.06 bits per heavy atom. The molecule has 1 aromatic heterocycles. The predicted octanol–water partition coefficient (Wildman–Crippen LogP) is 3.15. The maximum absolute atomic E-state index is 4.56. The Bertz CT molecular complexity index is 436. The lowest BCUT2D eigenvalue weighted by molar-refractivity contribution is 0.618. The second kappa shape index (κ2) is 5.23. The summed E-state index contributed by atoms with van der Waals surface area (Å²) < 4.78 is 0. The quantitative estimate of drug-likeness (QED) is 0.876. The molecule has 0 aliphatic heterocycles. The monoisotopic (exact) mass is 232 g/mol. The first-order valence-corrected chi connectivity index (χ1v) is 6.39. The molecule has 1 aromatic carbocycles. The van der Waals surface area contributed by atoms with Crippen LogP contribution < -0.4 is 5.32 Å². The van der Waals surface area contributed by atoms with Crippen molar-refractivity contribution in [3.63, 3.8) is 0 Å². The van der Waals surface area contributed by atoms with Crippen molar-refractivity contribution in [3.05, 3.63) is 52.0 Å². The minimum atomic E-state index is 0.219. The lowest BCUT2D eigenvalue weighted by Gasteiger charge is -2.15. The molecule has 0 bridgehead atoms.